The first-order valence-electron chi connectivity index (χ1n) is 8.93. The third-order valence-corrected chi connectivity index (χ3v) is 4.97. The number of benzene rings is 1. The zero-order valence-electron chi connectivity index (χ0n) is 16.4. The molecule has 0 radical (unpaired) electrons. The number of Topliss-reactive ketones (excluding diaryl/α,β-unsaturated/α-hetero) is 1. The number of hydrogen-bond acceptors (Lipinski definition) is 5. The van der Waals surface area contributed by atoms with E-state index in [0.29, 0.717) is 23.1 Å². The molecule has 1 aromatic carbocycles. The molecule has 0 aliphatic rings. The summed E-state index contributed by atoms with van der Waals surface area (Å²) in [6.07, 6.45) is 0. The summed E-state index contributed by atoms with van der Waals surface area (Å²) in [5.41, 5.74) is 5.32. The molecule has 3 rings (SSSR count). The molecule has 152 valence electrons. The number of nitrogens with two attached hydrogens (primary N) is 1. The van der Waals surface area contributed by atoms with E-state index in [2.05, 4.69) is 0 Å². The molecule has 1 unspecified atom stereocenters. The fourth-order valence-electron chi connectivity index (χ4n) is 3.09. The molecule has 0 saturated heterocycles. The van der Waals surface area contributed by atoms with Gasteiger partial charge in [-0.05, 0) is 36.4 Å². The van der Waals surface area contributed by atoms with Crippen LogP contribution in [0, 0.1) is 0 Å². The van der Waals surface area contributed by atoms with E-state index >= 15 is 0 Å². The summed E-state index contributed by atoms with van der Waals surface area (Å²) in [5.74, 6) is 0.841. The van der Waals surface area contributed by atoms with Crippen LogP contribution in [0.3, 0.4) is 0 Å². The van der Waals surface area contributed by atoms with Gasteiger partial charge in [0.15, 0.2) is 5.76 Å². The minimum atomic E-state index is -0.688. The first-order valence-corrected chi connectivity index (χ1v) is 9.31. The highest BCUT2D eigenvalue weighted by Crippen LogP contribution is 2.23. The van der Waals surface area contributed by atoms with Crippen molar-refractivity contribution >= 4 is 23.2 Å². The van der Waals surface area contributed by atoms with E-state index in [9.17, 15) is 14.4 Å². The van der Waals surface area contributed by atoms with Gasteiger partial charge < -0.3 is 15.1 Å². The topological polar surface area (TPSA) is 105 Å². The van der Waals surface area contributed by atoms with Crippen LogP contribution in [0.1, 0.15) is 16.1 Å². The van der Waals surface area contributed by atoms with Crippen LogP contribution in [0.4, 0.5) is 5.82 Å². The molecule has 0 aliphatic carbocycles. The molecule has 2 heterocycles. The Bertz CT molecular complexity index is 1170. The monoisotopic (exact) mass is 417 g/mol. The van der Waals surface area contributed by atoms with E-state index in [1.54, 1.807) is 12.1 Å². The van der Waals surface area contributed by atoms with Crippen molar-refractivity contribution in [2.75, 3.05) is 19.3 Å². The number of nitrogens with zero attached hydrogens (tertiary/aromatic N) is 2. The van der Waals surface area contributed by atoms with Gasteiger partial charge in [-0.3, -0.25) is 18.7 Å². The summed E-state index contributed by atoms with van der Waals surface area (Å²) in [4.78, 5) is 37.7. The number of rotatable bonds is 6. The molecule has 0 fully saturated rings. The maximum atomic E-state index is 12.7. The van der Waals surface area contributed by atoms with E-state index in [-0.39, 0.29) is 17.9 Å². The highest BCUT2D eigenvalue weighted by molar-refractivity contribution is 6.30. The van der Waals surface area contributed by atoms with Crippen molar-refractivity contribution in [3.8, 4) is 11.3 Å². The van der Waals surface area contributed by atoms with E-state index in [1.807, 2.05) is 31.3 Å². The molecule has 8 nitrogen and oxygen atoms in total. The van der Waals surface area contributed by atoms with Gasteiger partial charge in [-0.15, -0.1) is 0 Å². The van der Waals surface area contributed by atoms with Crippen LogP contribution in [-0.2, 0) is 20.6 Å². The smallest absolute Gasteiger partial charge is 0.332 e. The summed E-state index contributed by atoms with van der Waals surface area (Å²) < 4.78 is 7.83. The van der Waals surface area contributed by atoms with Crippen LogP contribution in [0.25, 0.3) is 11.3 Å². The third-order valence-electron chi connectivity index (χ3n) is 4.72. The van der Waals surface area contributed by atoms with Gasteiger partial charge in [-0.1, -0.05) is 11.6 Å². The Morgan fingerprint density at radius 2 is 1.76 bits per heavy atom. The molecule has 29 heavy (non-hydrogen) atoms. The average Bonchev–Trinajstić information content (AvgIpc) is 3.13. The van der Waals surface area contributed by atoms with Crippen molar-refractivity contribution < 1.29 is 14.1 Å². The predicted octanol–water partition coefficient (Wildman–Crippen LogP) is 0.477. The van der Waals surface area contributed by atoms with E-state index in [4.69, 9.17) is 21.8 Å². The van der Waals surface area contributed by atoms with Crippen molar-refractivity contribution in [3.05, 3.63) is 73.6 Å². The highest BCUT2D eigenvalue weighted by Gasteiger charge is 2.23. The van der Waals surface area contributed by atoms with E-state index < -0.39 is 17.0 Å². The minimum Gasteiger partial charge on any atom is -0.455 e. The molecule has 1 atom stereocenters. The molecular weight excluding hydrogens is 396 g/mol. The number of nitrogen functional groups attached to an aromatic ring is 1. The van der Waals surface area contributed by atoms with Crippen LogP contribution in [0.5, 0.6) is 0 Å². The average molecular weight is 418 g/mol. The van der Waals surface area contributed by atoms with Gasteiger partial charge in [0.05, 0.1) is 7.05 Å². The summed E-state index contributed by atoms with van der Waals surface area (Å²) in [7, 11) is 4.55. The maximum Gasteiger partial charge on any atom is 0.332 e. The lowest BCUT2D eigenvalue weighted by molar-refractivity contribution is -0.885. The van der Waals surface area contributed by atoms with Crippen LogP contribution in [0.2, 0.25) is 5.02 Å². The lowest BCUT2D eigenvalue weighted by Crippen LogP contribution is -3.08. The Labute approximate surface area is 171 Å². The minimum absolute atomic E-state index is 0.0224. The van der Waals surface area contributed by atoms with Crippen LogP contribution in [0.15, 0.2) is 50.4 Å². The lowest BCUT2D eigenvalue weighted by Gasteiger charge is -2.14. The SMILES string of the molecule is Cn1c(N)c(C(=O)C[NH+](C)Cc2ccc(-c3ccc(Cl)cc3)o2)c(=O)n(C)c1=O. The summed E-state index contributed by atoms with van der Waals surface area (Å²) in [6.45, 7) is 0.458. The van der Waals surface area contributed by atoms with Gasteiger partial charge in [-0.2, -0.15) is 0 Å². The van der Waals surface area contributed by atoms with Gasteiger partial charge in [-0.25, -0.2) is 4.79 Å². The molecule has 2 aromatic heterocycles. The second kappa shape index (κ2) is 8.10. The Kier molecular flexibility index (Phi) is 5.76. The van der Waals surface area contributed by atoms with Crippen LogP contribution in [-0.4, -0.2) is 28.5 Å². The van der Waals surface area contributed by atoms with Gasteiger partial charge in [0.2, 0.25) is 5.78 Å². The van der Waals surface area contributed by atoms with E-state index in [1.165, 1.54) is 14.1 Å². The number of carbonyl (C=O) groups excluding carboxylic acids is 1. The Morgan fingerprint density at radius 3 is 2.41 bits per heavy atom. The quantitative estimate of drug-likeness (QED) is 0.567. The van der Waals surface area contributed by atoms with Crippen molar-refractivity contribution in [1.82, 2.24) is 9.13 Å². The van der Waals surface area contributed by atoms with Crippen molar-refractivity contribution in [3.63, 3.8) is 0 Å². The third kappa shape index (κ3) is 4.18. The molecule has 0 amide bonds. The van der Waals surface area contributed by atoms with Gasteiger partial charge >= 0.3 is 5.69 Å². The molecule has 3 aromatic rings. The van der Waals surface area contributed by atoms with Crippen LogP contribution < -0.4 is 21.9 Å². The van der Waals surface area contributed by atoms with E-state index in [0.717, 1.165) is 19.6 Å². The summed E-state index contributed by atoms with van der Waals surface area (Å²) in [6, 6.07) is 11.0. The zero-order valence-corrected chi connectivity index (χ0v) is 17.1. The van der Waals surface area contributed by atoms with Crippen molar-refractivity contribution in [1.29, 1.82) is 0 Å². The first-order chi connectivity index (χ1) is 13.7. The number of furan rings is 1. The number of hydrogen-bond donors (Lipinski definition) is 2. The van der Waals surface area contributed by atoms with Gasteiger partial charge in [0.1, 0.15) is 30.2 Å². The number of aromatic nitrogens is 2. The molecular formula is C20H22ClN4O4+. The summed E-state index contributed by atoms with van der Waals surface area (Å²) in [5, 5.41) is 0.645. The largest absolute Gasteiger partial charge is 0.455 e. The van der Waals surface area contributed by atoms with Gasteiger partial charge in [0, 0.05) is 24.7 Å². The molecule has 3 N–H and O–H groups in total. The molecule has 0 bridgehead atoms. The van der Waals surface area contributed by atoms with Crippen molar-refractivity contribution in [2.24, 2.45) is 14.1 Å². The fraction of sp³-hybridized carbons (Fsp3) is 0.250. The molecule has 9 heteroatoms. The van der Waals surface area contributed by atoms with Gasteiger partial charge in [0.25, 0.3) is 5.56 Å². The van der Waals surface area contributed by atoms with Crippen LogP contribution >= 0.6 is 11.6 Å². The summed E-state index contributed by atoms with van der Waals surface area (Å²) >= 11 is 5.91. The number of carbonyl (C=O) groups is 1. The fourth-order valence-corrected chi connectivity index (χ4v) is 3.21. The van der Waals surface area contributed by atoms with Crippen molar-refractivity contribution in [2.45, 2.75) is 6.54 Å². The standard InChI is InChI=1S/C20H21ClN4O4/c1-23(10-14-8-9-16(29-14)12-4-6-13(21)7-5-12)11-15(26)17-18(22)24(2)20(28)25(3)19(17)27/h4-9H,10-11,22H2,1-3H3/p+1. The zero-order chi connectivity index (χ0) is 21.3. The number of ketones is 1. The highest BCUT2D eigenvalue weighted by atomic mass is 35.5. The Hall–Kier alpha value is -3.10. The number of nitrogens with one attached hydrogen (secondary N) is 1. The lowest BCUT2D eigenvalue weighted by atomic mass is 10.2. The predicted molar refractivity (Wildman–Crippen MR) is 110 cm³/mol. The molecule has 0 saturated carbocycles. The Balaban J connectivity index is 1.74. The number of anilines is 1. The second-order valence-electron chi connectivity index (χ2n) is 6.97. The molecule has 0 spiro atoms. The maximum absolute atomic E-state index is 12.7. The molecule has 0 aliphatic heterocycles. The number of halogens is 1. The number of likely N-dealkylation sites (N-methyl/N-ethyl adjacent to an activating group) is 1. The second-order valence-corrected chi connectivity index (χ2v) is 7.41. The Morgan fingerprint density at radius 1 is 1.10 bits per heavy atom. The normalized spacial score (nSPS) is 12.1. The number of quaternary nitrogens is 1. The first kappa shape index (κ1) is 20.6.